The van der Waals surface area contributed by atoms with Crippen LogP contribution in [0.3, 0.4) is 0 Å². The van der Waals surface area contributed by atoms with Crippen LogP contribution in [0.4, 0.5) is 5.69 Å². The first kappa shape index (κ1) is 26.9. The molecule has 3 aromatic rings. The Kier molecular flexibility index (Phi) is 9.37. The molecule has 0 spiro atoms. The van der Waals surface area contributed by atoms with Gasteiger partial charge in [0.1, 0.15) is 0 Å². The van der Waals surface area contributed by atoms with Gasteiger partial charge in [-0.05, 0) is 68.7 Å². The number of fused-ring (bicyclic) bond motifs is 1. The quantitative estimate of drug-likeness (QED) is 0.153. The summed E-state index contributed by atoms with van der Waals surface area (Å²) in [7, 11) is 0. The van der Waals surface area contributed by atoms with Gasteiger partial charge in [-0.25, -0.2) is 0 Å². The lowest BCUT2D eigenvalue weighted by atomic mass is 10.0. The number of hydrogen-bond donors (Lipinski definition) is 0. The van der Waals surface area contributed by atoms with Gasteiger partial charge < -0.3 is 9.80 Å². The maximum Gasteiger partial charge on any atom is 0.265 e. The highest BCUT2D eigenvalue weighted by atomic mass is 32.2. The minimum atomic E-state index is -0.0355. The molecular weight excluding hydrogens is 476 g/mol. The fraction of sp³-hybridized carbons (Fsp3) is 0.312. The van der Waals surface area contributed by atoms with Crippen molar-refractivity contribution in [2.24, 2.45) is 0 Å². The summed E-state index contributed by atoms with van der Waals surface area (Å²) in [4.78, 5) is 32.7. The molecule has 0 saturated heterocycles. The van der Waals surface area contributed by atoms with Gasteiger partial charge in [0.15, 0.2) is 5.78 Å². The van der Waals surface area contributed by atoms with E-state index < -0.39 is 0 Å². The van der Waals surface area contributed by atoms with E-state index >= 15 is 0 Å². The van der Waals surface area contributed by atoms with Gasteiger partial charge in [-0.15, -0.1) is 0 Å². The molecule has 1 aliphatic heterocycles. The van der Waals surface area contributed by atoms with Crippen molar-refractivity contribution < 1.29 is 9.59 Å². The summed E-state index contributed by atoms with van der Waals surface area (Å²) in [5.41, 5.74) is 4.72. The van der Waals surface area contributed by atoms with Crippen molar-refractivity contribution in [2.45, 2.75) is 51.5 Å². The molecule has 1 heterocycles. The van der Waals surface area contributed by atoms with Crippen LogP contribution >= 0.6 is 11.8 Å². The number of amides is 1. The van der Waals surface area contributed by atoms with Gasteiger partial charge in [-0.2, -0.15) is 0 Å². The van der Waals surface area contributed by atoms with Crippen LogP contribution in [0.15, 0.2) is 82.6 Å². The third-order valence-electron chi connectivity index (χ3n) is 6.79. The summed E-state index contributed by atoms with van der Waals surface area (Å²) in [6.07, 6.45) is 4.36. The number of Topliss-reactive ketones (excluding diaryl/α,β-unsaturated/α-hetero) is 1. The van der Waals surface area contributed by atoms with Gasteiger partial charge in [0.2, 0.25) is 0 Å². The summed E-state index contributed by atoms with van der Waals surface area (Å²) in [6.45, 7) is 9.96. The SMILES string of the molecule is CCN(CC)CCCCC(=O)c1ccc2c(c1)N(Cc1cccc(C)c1)C(=O)/C(=C/c1ccccc1)S2. The highest BCUT2D eigenvalue weighted by molar-refractivity contribution is 8.04. The second-order valence-corrected chi connectivity index (χ2v) is 10.6. The van der Waals surface area contributed by atoms with Crippen LogP contribution < -0.4 is 4.90 Å². The Morgan fingerprint density at radius 2 is 1.73 bits per heavy atom. The van der Waals surface area contributed by atoms with Crippen LogP contribution in [0, 0.1) is 6.92 Å². The number of unbranched alkanes of at least 4 members (excludes halogenated alkanes) is 1. The van der Waals surface area contributed by atoms with Gasteiger partial charge >= 0.3 is 0 Å². The lowest BCUT2D eigenvalue weighted by Gasteiger charge is -2.31. The first-order valence-electron chi connectivity index (χ1n) is 13.2. The van der Waals surface area contributed by atoms with Gasteiger partial charge in [0.25, 0.3) is 5.91 Å². The van der Waals surface area contributed by atoms with Crippen molar-refractivity contribution in [1.82, 2.24) is 4.90 Å². The maximum absolute atomic E-state index is 13.7. The molecule has 0 N–H and O–H groups in total. The monoisotopic (exact) mass is 512 g/mol. The summed E-state index contributed by atoms with van der Waals surface area (Å²) in [5, 5.41) is 0. The summed E-state index contributed by atoms with van der Waals surface area (Å²) in [5.74, 6) is 0.104. The highest BCUT2D eigenvalue weighted by Crippen LogP contribution is 2.43. The molecule has 192 valence electrons. The molecule has 4 nitrogen and oxygen atoms in total. The number of benzene rings is 3. The van der Waals surface area contributed by atoms with Gasteiger partial charge in [0, 0.05) is 16.9 Å². The standard InChI is InChI=1S/C32H36N2O2S/c1-4-33(5-2)19-10-9-16-29(35)27-17-18-30-28(22-27)34(23-26-15-11-12-24(3)20-26)32(36)31(37-30)21-25-13-7-6-8-14-25/h6-8,11-15,17-18,20-22H,4-5,9-10,16,19,23H2,1-3H3/b31-21-. The molecule has 0 fully saturated rings. The third kappa shape index (κ3) is 7.00. The van der Waals surface area contributed by atoms with E-state index in [-0.39, 0.29) is 11.7 Å². The fourth-order valence-corrected chi connectivity index (χ4v) is 5.68. The van der Waals surface area contributed by atoms with Crippen LogP contribution in [-0.4, -0.2) is 36.2 Å². The maximum atomic E-state index is 13.7. The van der Waals surface area contributed by atoms with Gasteiger partial charge in [0.05, 0.1) is 17.1 Å². The minimum Gasteiger partial charge on any atom is -0.304 e. The molecule has 0 unspecified atom stereocenters. The zero-order chi connectivity index (χ0) is 26.2. The van der Waals surface area contributed by atoms with E-state index in [1.807, 2.05) is 71.6 Å². The number of carbonyl (C=O) groups is 2. The number of carbonyl (C=O) groups excluding carboxylic acids is 2. The van der Waals surface area contributed by atoms with Crippen LogP contribution in [0.2, 0.25) is 0 Å². The van der Waals surface area contributed by atoms with Gasteiger partial charge in [-0.3, -0.25) is 9.59 Å². The van der Waals surface area contributed by atoms with E-state index in [9.17, 15) is 9.59 Å². The first-order chi connectivity index (χ1) is 18.0. The Morgan fingerprint density at radius 1 is 0.946 bits per heavy atom. The number of nitrogens with zero attached hydrogens (tertiary/aromatic N) is 2. The summed E-state index contributed by atoms with van der Waals surface area (Å²) >= 11 is 1.48. The van der Waals surface area contributed by atoms with E-state index in [0.717, 1.165) is 59.7 Å². The molecule has 0 aromatic heterocycles. The fourth-order valence-electron chi connectivity index (χ4n) is 4.64. The normalized spacial score (nSPS) is 14.3. The highest BCUT2D eigenvalue weighted by Gasteiger charge is 2.30. The molecule has 0 bridgehead atoms. The molecular formula is C32H36N2O2S. The molecule has 0 aliphatic carbocycles. The van der Waals surface area contributed by atoms with E-state index in [2.05, 4.69) is 37.8 Å². The molecule has 1 amide bonds. The Bertz CT molecular complexity index is 1260. The lowest BCUT2D eigenvalue weighted by molar-refractivity contribution is -0.114. The second-order valence-electron chi connectivity index (χ2n) is 9.49. The van der Waals surface area contributed by atoms with Crippen molar-refractivity contribution in [3.05, 3.63) is 100.0 Å². The van der Waals surface area contributed by atoms with Crippen LogP contribution in [0.5, 0.6) is 0 Å². The number of anilines is 1. The zero-order valence-electron chi connectivity index (χ0n) is 22.1. The number of hydrogen-bond acceptors (Lipinski definition) is 4. The Hall–Kier alpha value is -3.15. The molecule has 3 aromatic carbocycles. The largest absolute Gasteiger partial charge is 0.304 e. The zero-order valence-corrected chi connectivity index (χ0v) is 22.9. The predicted octanol–water partition coefficient (Wildman–Crippen LogP) is 7.37. The van der Waals surface area contributed by atoms with E-state index in [1.54, 1.807) is 0 Å². The molecule has 1 aliphatic rings. The van der Waals surface area contributed by atoms with Crippen molar-refractivity contribution in [3.8, 4) is 0 Å². The molecule has 0 atom stereocenters. The van der Waals surface area contributed by atoms with Crippen molar-refractivity contribution >= 4 is 35.2 Å². The minimum absolute atomic E-state index is 0.0355. The number of rotatable bonds is 11. The molecule has 37 heavy (non-hydrogen) atoms. The van der Waals surface area contributed by atoms with Crippen molar-refractivity contribution in [3.63, 3.8) is 0 Å². The first-order valence-corrected chi connectivity index (χ1v) is 14.0. The smallest absolute Gasteiger partial charge is 0.265 e. The average molecular weight is 513 g/mol. The van der Waals surface area contributed by atoms with Crippen LogP contribution in [-0.2, 0) is 11.3 Å². The molecule has 5 heteroatoms. The average Bonchev–Trinajstić information content (AvgIpc) is 2.91. The molecule has 0 radical (unpaired) electrons. The van der Waals surface area contributed by atoms with E-state index in [4.69, 9.17) is 0 Å². The predicted molar refractivity (Wildman–Crippen MR) is 155 cm³/mol. The third-order valence-corrected chi connectivity index (χ3v) is 7.87. The Balaban J connectivity index is 1.59. The van der Waals surface area contributed by atoms with Crippen molar-refractivity contribution in [1.29, 1.82) is 0 Å². The number of thioether (sulfide) groups is 1. The summed E-state index contributed by atoms with van der Waals surface area (Å²) < 4.78 is 0. The Labute approximate surface area is 225 Å². The van der Waals surface area contributed by atoms with E-state index in [0.29, 0.717) is 23.4 Å². The van der Waals surface area contributed by atoms with E-state index in [1.165, 1.54) is 11.8 Å². The topological polar surface area (TPSA) is 40.6 Å². The lowest BCUT2D eigenvalue weighted by Crippen LogP contribution is -2.34. The second kappa shape index (κ2) is 12.9. The van der Waals surface area contributed by atoms with Gasteiger partial charge in [-0.1, -0.05) is 91.8 Å². The number of aryl methyl sites for hydroxylation is 1. The van der Waals surface area contributed by atoms with Crippen molar-refractivity contribution in [2.75, 3.05) is 24.5 Å². The van der Waals surface area contributed by atoms with Crippen LogP contribution in [0.1, 0.15) is 60.2 Å². The molecule has 4 rings (SSSR count). The Morgan fingerprint density at radius 3 is 2.46 bits per heavy atom. The summed E-state index contributed by atoms with van der Waals surface area (Å²) in [6, 6.07) is 24.0. The van der Waals surface area contributed by atoms with Crippen LogP contribution in [0.25, 0.3) is 6.08 Å². The number of ketones is 1. The molecule has 0 saturated carbocycles.